The van der Waals surface area contributed by atoms with Crippen molar-refractivity contribution >= 4 is 28.8 Å². The smallest absolute Gasteiger partial charge is 0.243 e. The summed E-state index contributed by atoms with van der Waals surface area (Å²) >= 11 is 0. The van der Waals surface area contributed by atoms with Crippen molar-refractivity contribution in [3.05, 3.63) is 29.8 Å². The van der Waals surface area contributed by atoms with Crippen LogP contribution in [0.1, 0.15) is 91.4 Å². The minimum absolute atomic E-state index is 0.0255. The number of piperidine rings is 1. The Kier molecular flexibility index (Phi) is 9.08. The van der Waals surface area contributed by atoms with Gasteiger partial charge < -0.3 is 20.5 Å². The lowest BCUT2D eigenvalue weighted by Gasteiger charge is -2.36. The fraction of sp³-hybridized carbons (Fsp3) is 0.630. The number of likely N-dealkylation sites (tertiary alicyclic amines) is 1. The molecule has 1 aliphatic heterocycles. The van der Waals surface area contributed by atoms with Gasteiger partial charge in [-0.25, -0.2) is 9.37 Å². The highest BCUT2D eigenvalue weighted by Crippen LogP contribution is 2.22. The number of hydrogen-bond donors (Lipinski definition) is 3. The zero-order chi connectivity index (χ0) is 26.5. The van der Waals surface area contributed by atoms with E-state index in [0.29, 0.717) is 29.8 Å². The van der Waals surface area contributed by atoms with Crippen LogP contribution in [0.15, 0.2) is 18.2 Å². The molecule has 1 aromatic carbocycles. The van der Waals surface area contributed by atoms with Crippen molar-refractivity contribution in [3.63, 3.8) is 0 Å². The standard InChI is InChI=1S/C27H40FN5O3/c1-6-19-9-7-8-14-33(19)24(35)16-22(30-23(34)12-13-27(3,4)5)26(36)29-17(2)25-31-20-11-10-18(28)15-21(20)32-25/h10-11,15,17,19,22H,6-9,12-14,16H2,1-5H3,(H,29,36)(H,30,34)(H,31,32)/t17-,19-,22-/m0/s1. The molecule has 1 saturated heterocycles. The van der Waals surface area contributed by atoms with Crippen LogP contribution in [-0.2, 0) is 14.4 Å². The predicted octanol–water partition coefficient (Wildman–Crippen LogP) is 4.37. The van der Waals surface area contributed by atoms with Gasteiger partial charge in [-0.2, -0.15) is 0 Å². The average molecular weight is 502 g/mol. The summed E-state index contributed by atoms with van der Waals surface area (Å²) in [5, 5.41) is 5.68. The van der Waals surface area contributed by atoms with Crippen molar-refractivity contribution in [1.29, 1.82) is 0 Å². The highest BCUT2D eigenvalue weighted by Gasteiger charge is 2.31. The van der Waals surface area contributed by atoms with Crippen molar-refractivity contribution in [3.8, 4) is 0 Å². The molecule has 0 saturated carbocycles. The van der Waals surface area contributed by atoms with E-state index in [-0.39, 0.29) is 36.1 Å². The minimum atomic E-state index is -0.992. The molecule has 2 heterocycles. The molecule has 3 N–H and O–H groups in total. The third-order valence-corrected chi connectivity index (χ3v) is 6.78. The predicted molar refractivity (Wildman–Crippen MR) is 137 cm³/mol. The molecule has 9 heteroatoms. The summed E-state index contributed by atoms with van der Waals surface area (Å²) < 4.78 is 13.5. The molecule has 3 atom stereocenters. The second-order valence-electron chi connectivity index (χ2n) is 11.0. The Morgan fingerprint density at radius 2 is 1.97 bits per heavy atom. The van der Waals surface area contributed by atoms with E-state index in [4.69, 9.17) is 0 Å². The number of carbonyl (C=O) groups excluding carboxylic acids is 3. The van der Waals surface area contributed by atoms with Gasteiger partial charge in [0.2, 0.25) is 17.7 Å². The number of nitrogens with zero attached hydrogens (tertiary/aromatic N) is 2. The number of nitrogens with one attached hydrogen (secondary N) is 3. The molecule has 36 heavy (non-hydrogen) atoms. The molecular formula is C27H40FN5O3. The lowest BCUT2D eigenvalue weighted by molar-refractivity contribution is -0.139. The zero-order valence-corrected chi connectivity index (χ0v) is 22.1. The van der Waals surface area contributed by atoms with Gasteiger partial charge in [-0.1, -0.05) is 27.7 Å². The Labute approximate surface area is 212 Å². The summed E-state index contributed by atoms with van der Waals surface area (Å²) in [5.41, 5.74) is 1.09. The molecule has 1 aliphatic rings. The summed E-state index contributed by atoms with van der Waals surface area (Å²) in [6.07, 6.45) is 4.70. The van der Waals surface area contributed by atoms with Gasteiger partial charge in [-0.05, 0) is 56.6 Å². The highest BCUT2D eigenvalue weighted by atomic mass is 19.1. The number of amides is 3. The van der Waals surface area contributed by atoms with Crippen LogP contribution in [0.4, 0.5) is 4.39 Å². The van der Waals surface area contributed by atoms with Crippen LogP contribution in [0.25, 0.3) is 11.0 Å². The van der Waals surface area contributed by atoms with Gasteiger partial charge in [0.1, 0.15) is 17.7 Å². The lowest BCUT2D eigenvalue weighted by Crippen LogP contribution is -2.52. The molecule has 198 valence electrons. The Morgan fingerprint density at radius 3 is 2.67 bits per heavy atom. The third-order valence-electron chi connectivity index (χ3n) is 6.78. The van der Waals surface area contributed by atoms with Gasteiger partial charge in [0.15, 0.2) is 0 Å². The van der Waals surface area contributed by atoms with E-state index in [9.17, 15) is 18.8 Å². The molecule has 3 amide bonds. The normalized spacial score (nSPS) is 18.1. The maximum atomic E-state index is 13.5. The number of imidazole rings is 1. The SMILES string of the molecule is CC[C@H]1CCCCN1C(=O)C[C@H](NC(=O)CCC(C)(C)C)C(=O)N[C@@H](C)c1nc2cc(F)ccc2[nH]1. The number of carbonyl (C=O) groups is 3. The number of H-pyrrole nitrogens is 1. The topological polar surface area (TPSA) is 107 Å². The van der Waals surface area contributed by atoms with Crippen LogP contribution in [0.5, 0.6) is 0 Å². The van der Waals surface area contributed by atoms with E-state index in [1.807, 2.05) is 4.90 Å². The lowest BCUT2D eigenvalue weighted by atomic mass is 9.90. The fourth-order valence-electron chi connectivity index (χ4n) is 4.60. The van der Waals surface area contributed by atoms with E-state index in [0.717, 1.165) is 25.7 Å². The van der Waals surface area contributed by atoms with Crippen LogP contribution in [0, 0.1) is 11.2 Å². The number of hydrogen-bond acceptors (Lipinski definition) is 4. The quantitative estimate of drug-likeness (QED) is 0.474. The van der Waals surface area contributed by atoms with Crippen molar-refractivity contribution in [2.75, 3.05) is 6.54 Å². The van der Waals surface area contributed by atoms with Crippen LogP contribution in [-0.4, -0.2) is 51.2 Å². The summed E-state index contributed by atoms with van der Waals surface area (Å²) in [6, 6.07) is 2.90. The first-order valence-electron chi connectivity index (χ1n) is 13.0. The number of rotatable bonds is 9. The first-order valence-corrected chi connectivity index (χ1v) is 13.0. The fourth-order valence-corrected chi connectivity index (χ4v) is 4.60. The molecule has 0 aliphatic carbocycles. The van der Waals surface area contributed by atoms with Crippen LogP contribution in [0.3, 0.4) is 0 Å². The molecule has 1 fully saturated rings. The van der Waals surface area contributed by atoms with E-state index < -0.39 is 23.8 Å². The zero-order valence-electron chi connectivity index (χ0n) is 22.1. The van der Waals surface area contributed by atoms with Gasteiger partial charge in [-0.3, -0.25) is 14.4 Å². The second-order valence-corrected chi connectivity index (χ2v) is 11.0. The maximum absolute atomic E-state index is 13.5. The van der Waals surface area contributed by atoms with Gasteiger partial charge >= 0.3 is 0 Å². The van der Waals surface area contributed by atoms with Crippen molar-refractivity contribution in [2.24, 2.45) is 5.41 Å². The van der Waals surface area contributed by atoms with E-state index in [2.05, 4.69) is 48.3 Å². The Morgan fingerprint density at radius 1 is 1.22 bits per heavy atom. The van der Waals surface area contributed by atoms with Crippen LogP contribution < -0.4 is 10.6 Å². The molecule has 2 aromatic rings. The Hall–Kier alpha value is -2.97. The molecule has 8 nitrogen and oxygen atoms in total. The second kappa shape index (κ2) is 11.8. The van der Waals surface area contributed by atoms with Gasteiger partial charge in [-0.15, -0.1) is 0 Å². The highest BCUT2D eigenvalue weighted by molar-refractivity contribution is 5.92. The van der Waals surface area contributed by atoms with Crippen molar-refractivity contribution < 1.29 is 18.8 Å². The monoisotopic (exact) mass is 501 g/mol. The number of benzene rings is 1. The minimum Gasteiger partial charge on any atom is -0.345 e. The molecular weight excluding hydrogens is 461 g/mol. The van der Waals surface area contributed by atoms with Gasteiger partial charge in [0, 0.05) is 25.1 Å². The number of aromatic amines is 1. The molecule has 0 radical (unpaired) electrons. The maximum Gasteiger partial charge on any atom is 0.243 e. The van der Waals surface area contributed by atoms with Gasteiger partial charge in [0.25, 0.3) is 0 Å². The number of aromatic nitrogens is 2. The van der Waals surface area contributed by atoms with E-state index in [1.165, 1.54) is 12.1 Å². The Bertz CT molecular complexity index is 1080. The summed E-state index contributed by atoms with van der Waals surface area (Å²) in [6.45, 7) is 10.7. The average Bonchev–Trinajstić information content (AvgIpc) is 3.25. The molecule has 0 bridgehead atoms. The first kappa shape index (κ1) is 27.6. The summed E-state index contributed by atoms with van der Waals surface area (Å²) in [4.78, 5) is 48.6. The molecule has 0 unspecified atom stereocenters. The molecule has 0 spiro atoms. The van der Waals surface area contributed by atoms with Crippen molar-refractivity contribution in [2.45, 2.75) is 97.7 Å². The largest absolute Gasteiger partial charge is 0.345 e. The van der Waals surface area contributed by atoms with Gasteiger partial charge in [0.05, 0.1) is 23.5 Å². The van der Waals surface area contributed by atoms with Crippen LogP contribution in [0.2, 0.25) is 0 Å². The number of fused-ring (bicyclic) bond motifs is 1. The summed E-state index contributed by atoms with van der Waals surface area (Å²) in [5.74, 6) is -0.746. The molecule has 3 rings (SSSR count). The summed E-state index contributed by atoms with van der Waals surface area (Å²) in [7, 11) is 0. The first-order chi connectivity index (χ1) is 17.0. The third kappa shape index (κ3) is 7.51. The van der Waals surface area contributed by atoms with Crippen molar-refractivity contribution in [1.82, 2.24) is 25.5 Å². The number of halogens is 1. The Balaban J connectivity index is 1.73. The van der Waals surface area contributed by atoms with E-state index in [1.54, 1.807) is 13.0 Å². The van der Waals surface area contributed by atoms with Crippen LogP contribution >= 0.6 is 0 Å². The van der Waals surface area contributed by atoms with E-state index >= 15 is 0 Å². The molecule has 1 aromatic heterocycles.